The lowest BCUT2D eigenvalue weighted by atomic mass is 10.0. The van der Waals surface area contributed by atoms with E-state index in [0.717, 1.165) is 16.9 Å². The third kappa shape index (κ3) is 4.08. The molecule has 2 N–H and O–H groups in total. The molecule has 0 radical (unpaired) electrons. The summed E-state index contributed by atoms with van der Waals surface area (Å²) in [7, 11) is 0. The minimum Gasteiger partial charge on any atom is -0.489 e. The van der Waals surface area contributed by atoms with Crippen LogP contribution >= 0.6 is 0 Å². The Hall–Kier alpha value is -1.80. The zero-order chi connectivity index (χ0) is 15.4. The van der Waals surface area contributed by atoms with Crippen molar-refractivity contribution in [3.05, 3.63) is 64.7 Å². The number of hydrogen-bond acceptors (Lipinski definition) is 2. The fraction of sp³-hybridized carbons (Fsp3) is 0.368. The molecule has 0 aliphatic carbocycles. The number of benzene rings is 2. The minimum absolute atomic E-state index is 0.0568. The van der Waals surface area contributed by atoms with Crippen LogP contribution in [0.15, 0.2) is 42.5 Å². The van der Waals surface area contributed by atoms with Gasteiger partial charge in [0.15, 0.2) is 0 Å². The van der Waals surface area contributed by atoms with Crippen molar-refractivity contribution in [1.29, 1.82) is 0 Å². The predicted molar refractivity (Wildman–Crippen MR) is 88.6 cm³/mol. The molecule has 112 valence electrons. The monoisotopic (exact) mass is 283 g/mol. The van der Waals surface area contributed by atoms with Crippen molar-refractivity contribution in [3.8, 4) is 5.75 Å². The van der Waals surface area contributed by atoms with Crippen LogP contribution in [0.2, 0.25) is 0 Å². The molecule has 0 bridgehead atoms. The van der Waals surface area contributed by atoms with E-state index in [1.165, 1.54) is 11.1 Å². The molecule has 0 fully saturated rings. The molecule has 0 aliphatic heterocycles. The third-order valence-electron chi connectivity index (χ3n) is 3.77. The molecule has 0 heterocycles. The van der Waals surface area contributed by atoms with Gasteiger partial charge in [-0.05, 0) is 48.1 Å². The highest BCUT2D eigenvalue weighted by molar-refractivity contribution is 5.37. The van der Waals surface area contributed by atoms with Crippen LogP contribution in [0.3, 0.4) is 0 Å². The molecule has 2 rings (SSSR count). The van der Waals surface area contributed by atoms with E-state index in [4.69, 9.17) is 10.5 Å². The van der Waals surface area contributed by atoms with E-state index in [1.54, 1.807) is 0 Å². The predicted octanol–water partition coefficient (Wildman–Crippen LogP) is 4.72. The summed E-state index contributed by atoms with van der Waals surface area (Å²) in [6, 6.07) is 14.8. The average Bonchev–Trinajstić information content (AvgIpc) is 2.46. The Morgan fingerprint density at radius 3 is 2.10 bits per heavy atom. The summed E-state index contributed by atoms with van der Waals surface area (Å²) in [5.74, 6) is 1.49. The summed E-state index contributed by atoms with van der Waals surface area (Å²) in [5.41, 5.74) is 10.7. The highest BCUT2D eigenvalue weighted by Gasteiger charge is 2.05. The quantitative estimate of drug-likeness (QED) is 0.862. The normalized spacial score (nSPS) is 12.5. The summed E-state index contributed by atoms with van der Waals surface area (Å²) < 4.78 is 5.92. The molecular formula is C19H25NO. The van der Waals surface area contributed by atoms with Crippen molar-refractivity contribution in [3.63, 3.8) is 0 Å². The Balaban J connectivity index is 2.02. The van der Waals surface area contributed by atoms with E-state index in [1.807, 2.05) is 19.1 Å². The maximum atomic E-state index is 5.92. The first kappa shape index (κ1) is 15.6. The molecule has 1 unspecified atom stereocenters. The van der Waals surface area contributed by atoms with Crippen molar-refractivity contribution in [1.82, 2.24) is 0 Å². The zero-order valence-corrected chi connectivity index (χ0v) is 13.4. The highest BCUT2D eigenvalue weighted by Crippen LogP contribution is 2.23. The van der Waals surface area contributed by atoms with Gasteiger partial charge in [-0.15, -0.1) is 0 Å². The molecule has 2 aromatic carbocycles. The second-order valence-electron chi connectivity index (χ2n) is 6.00. The van der Waals surface area contributed by atoms with Crippen molar-refractivity contribution < 1.29 is 4.74 Å². The van der Waals surface area contributed by atoms with Crippen LogP contribution in [0.25, 0.3) is 0 Å². The Kier molecular flexibility index (Phi) is 5.03. The Morgan fingerprint density at radius 2 is 1.57 bits per heavy atom. The molecule has 0 saturated heterocycles. The lowest BCUT2D eigenvalue weighted by molar-refractivity contribution is 0.304. The first-order valence-corrected chi connectivity index (χ1v) is 7.55. The van der Waals surface area contributed by atoms with Gasteiger partial charge in [0, 0.05) is 6.04 Å². The molecule has 0 saturated carbocycles. The van der Waals surface area contributed by atoms with E-state index in [-0.39, 0.29) is 6.04 Å². The van der Waals surface area contributed by atoms with Crippen LogP contribution in [0.1, 0.15) is 55.0 Å². The minimum atomic E-state index is 0.0568. The fourth-order valence-electron chi connectivity index (χ4n) is 2.28. The largest absolute Gasteiger partial charge is 0.489 e. The topological polar surface area (TPSA) is 35.2 Å². The zero-order valence-electron chi connectivity index (χ0n) is 13.4. The van der Waals surface area contributed by atoms with Gasteiger partial charge in [-0.25, -0.2) is 0 Å². The Bertz CT molecular complexity index is 585. The van der Waals surface area contributed by atoms with E-state index < -0.39 is 0 Å². The van der Waals surface area contributed by atoms with Crippen LogP contribution in [-0.4, -0.2) is 0 Å². The molecular weight excluding hydrogens is 258 g/mol. The first-order chi connectivity index (χ1) is 9.97. The first-order valence-electron chi connectivity index (χ1n) is 7.55. The second kappa shape index (κ2) is 6.77. The standard InChI is InChI=1S/C19H25NO/c1-13(2)17-7-5-16(6-8-17)12-21-19-10-9-18(15(4)20)11-14(19)3/h5-11,13,15H,12,20H2,1-4H3. The smallest absolute Gasteiger partial charge is 0.122 e. The number of nitrogens with two attached hydrogens (primary N) is 1. The summed E-state index contributed by atoms with van der Waals surface area (Å²) >= 11 is 0. The molecule has 21 heavy (non-hydrogen) atoms. The van der Waals surface area contributed by atoms with Crippen molar-refractivity contribution in [2.75, 3.05) is 0 Å². The molecule has 0 aliphatic rings. The fourth-order valence-corrected chi connectivity index (χ4v) is 2.28. The Morgan fingerprint density at radius 1 is 0.952 bits per heavy atom. The van der Waals surface area contributed by atoms with Crippen molar-refractivity contribution >= 4 is 0 Å². The lowest BCUT2D eigenvalue weighted by Crippen LogP contribution is -2.05. The number of hydrogen-bond donors (Lipinski definition) is 1. The molecule has 2 heteroatoms. The van der Waals surface area contributed by atoms with Gasteiger partial charge >= 0.3 is 0 Å². The SMILES string of the molecule is Cc1cc(C(C)N)ccc1OCc1ccc(C(C)C)cc1. The number of aryl methyl sites for hydroxylation is 1. The van der Waals surface area contributed by atoms with Gasteiger partial charge in [0.25, 0.3) is 0 Å². The van der Waals surface area contributed by atoms with Gasteiger partial charge < -0.3 is 10.5 Å². The highest BCUT2D eigenvalue weighted by atomic mass is 16.5. The van der Waals surface area contributed by atoms with Gasteiger partial charge in [-0.2, -0.15) is 0 Å². The average molecular weight is 283 g/mol. The van der Waals surface area contributed by atoms with Crippen LogP contribution in [-0.2, 0) is 6.61 Å². The van der Waals surface area contributed by atoms with Gasteiger partial charge in [-0.1, -0.05) is 50.2 Å². The number of ether oxygens (including phenoxy) is 1. The molecule has 0 aromatic heterocycles. The maximum Gasteiger partial charge on any atom is 0.122 e. The van der Waals surface area contributed by atoms with E-state index >= 15 is 0 Å². The van der Waals surface area contributed by atoms with Gasteiger partial charge in [0.2, 0.25) is 0 Å². The summed E-state index contributed by atoms with van der Waals surface area (Å²) in [6.45, 7) is 9.05. The van der Waals surface area contributed by atoms with Crippen LogP contribution in [0, 0.1) is 6.92 Å². The molecule has 0 amide bonds. The van der Waals surface area contributed by atoms with E-state index in [9.17, 15) is 0 Å². The summed E-state index contributed by atoms with van der Waals surface area (Å²) in [4.78, 5) is 0. The van der Waals surface area contributed by atoms with E-state index in [2.05, 4.69) is 51.1 Å². The molecule has 0 spiro atoms. The van der Waals surface area contributed by atoms with Crippen LogP contribution in [0.4, 0.5) is 0 Å². The Labute approximate surface area is 127 Å². The lowest BCUT2D eigenvalue weighted by Gasteiger charge is -2.13. The van der Waals surface area contributed by atoms with Crippen molar-refractivity contribution in [2.45, 2.75) is 46.3 Å². The maximum absolute atomic E-state index is 5.92. The van der Waals surface area contributed by atoms with Crippen molar-refractivity contribution in [2.24, 2.45) is 5.73 Å². The van der Waals surface area contributed by atoms with Gasteiger partial charge in [0.1, 0.15) is 12.4 Å². The third-order valence-corrected chi connectivity index (χ3v) is 3.77. The molecule has 1 atom stereocenters. The van der Waals surface area contributed by atoms with Gasteiger partial charge in [-0.3, -0.25) is 0 Å². The van der Waals surface area contributed by atoms with E-state index in [0.29, 0.717) is 12.5 Å². The van der Waals surface area contributed by atoms with Crippen LogP contribution < -0.4 is 10.5 Å². The van der Waals surface area contributed by atoms with Gasteiger partial charge in [0.05, 0.1) is 0 Å². The summed E-state index contributed by atoms with van der Waals surface area (Å²) in [5, 5.41) is 0. The second-order valence-corrected chi connectivity index (χ2v) is 6.00. The molecule has 2 nitrogen and oxygen atoms in total. The molecule has 2 aromatic rings. The van der Waals surface area contributed by atoms with Crippen LogP contribution in [0.5, 0.6) is 5.75 Å². The summed E-state index contributed by atoms with van der Waals surface area (Å²) in [6.07, 6.45) is 0. The number of rotatable bonds is 5.